The van der Waals surface area contributed by atoms with Crippen molar-refractivity contribution in [3.05, 3.63) is 29.8 Å². The van der Waals surface area contributed by atoms with Crippen LogP contribution in [0.1, 0.15) is 63.7 Å². The van der Waals surface area contributed by atoms with Crippen LogP contribution in [0, 0.1) is 5.92 Å². The average Bonchev–Trinajstić information content (AvgIpc) is 2.82. The van der Waals surface area contributed by atoms with Crippen LogP contribution in [0.25, 0.3) is 0 Å². The molecule has 0 spiro atoms. The van der Waals surface area contributed by atoms with Crippen molar-refractivity contribution in [3.63, 3.8) is 0 Å². The highest BCUT2D eigenvalue weighted by molar-refractivity contribution is 6.00. The van der Waals surface area contributed by atoms with Gasteiger partial charge in [0.05, 0.1) is 11.6 Å². The zero-order valence-corrected chi connectivity index (χ0v) is 23.0. The maximum atomic E-state index is 13.2. The van der Waals surface area contributed by atoms with E-state index < -0.39 is 17.5 Å². The van der Waals surface area contributed by atoms with E-state index in [1.54, 1.807) is 38.1 Å². The van der Waals surface area contributed by atoms with Crippen LogP contribution in [0.2, 0.25) is 0 Å². The van der Waals surface area contributed by atoms with Gasteiger partial charge < -0.3 is 30.9 Å². The van der Waals surface area contributed by atoms with Crippen molar-refractivity contribution in [1.29, 1.82) is 0 Å². The summed E-state index contributed by atoms with van der Waals surface area (Å²) in [6, 6.07) is 5.50. The second kappa shape index (κ2) is 14.0. The Kier molecular flexibility index (Phi) is 11.4. The third kappa shape index (κ3) is 9.68. The topological polar surface area (TPSA) is 129 Å². The molecule has 4 N–H and O–H groups in total. The van der Waals surface area contributed by atoms with Gasteiger partial charge in [0.2, 0.25) is 17.7 Å². The van der Waals surface area contributed by atoms with Gasteiger partial charge in [-0.05, 0) is 71.8 Å². The Labute approximate surface area is 220 Å². The molecule has 4 amide bonds. The van der Waals surface area contributed by atoms with E-state index in [1.165, 1.54) is 0 Å². The van der Waals surface area contributed by atoms with Gasteiger partial charge in [-0.15, -0.1) is 0 Å². The molecule has 10 heteroatoms. The van der Waals surface area contributed by atoms with Gasteiger partial charge in [-0.3, -0.25) is 19.2 Å². The molecule has 10 nitrogen and oxygen atoms in total. The Hall–Kier alpha value is -3.14. The van der Waals surface area contributed by atoms with Crippen LogP contribution in [-0.4, -0.2) is 79.9 Å². The Bertz CT molecular complexity index is 947. The van der Waals surface area contributed by atoms with Crippen LogP contribution < -0.4 is 26.0 Å². The van der Waals surface area contributed by atoms with E-state index in [0.717, 1.165) is 19.4 Å². The van der Waals surface area contributed by atoms with Gasteiger partial charge in [0.15, 0.2) is 0 Å². The van der Waals surface area contributed by atoms with Gasteiger partial charge in [0.25, 0.3) is 5.91 Å². The highest BCUT2D eigenvalue weighted by Crippen LogP contribution is 2.20. The summed E-state index contributed by atoms with van der Waals surface area (Å²) in [7, 11) is 3.98. The Balaban J connectivity index is 2.27. The molecule has 0 aliphatic carbocycles. The van der Waals surface area contributed by atoms with E-state index in [0.29, 0.717) is 12.3 Å². The molecule has 1 aromatic rings. The first-order valence-electron chi connectivity index (χ1n) is 13.0. The molecular formula is C27H43N5O5. The molecule has 0 saturated heterocycles. The molecule has 0 radical (unpaired) electrons. The van der Waals surface area contributed by atoms with Crippen molar-refractivity contribution in [1.82, 2.24) is 26.2 Å². The number of unbranched alkanes of at least 4 members (excludes halogenated alkanes) is 1. The molecule has 1 aliphatic heterocycles. The van der Waals surface area contributed by atoms with E-state index in [2.05, 4.69) is 26.2 Å². The quantitative estimate of drug-likeness (QED) is 0.405. The molecule has 37 heavy (non-hydrogen) atoms. The third-order valence-corrected chi connectivity index (χ3v) is 6.30. The van der Waals surface area contributed by atoms with E-state index in [-0.39, 0.29) is 54.7 Å². The van der Waals surface area contributed by atoms with E-state index >= 15 is 0 Å². The number of para-hydroxylation sites is 1. The second-order valence-electron chi connectivity index (χ2n) is 10.7. The number of nitrogens with zero attached hydrogens (tertiary/aromatic N) is 1. The third-order valence-electron chi connectivity index (χ3n) is 6.30. The summed E-state index contributed by atoms with van der Waals surface area (Å²) in [5.41, 5.74) is -0.893. The van der Waals surface area contributed by atoms with Gasteiger partial charge >= 0.3 is 0 Å². The molecule has 1 aliphatic rings. The first-order valence-corrected chi connectivity index (χ1v) is 13.0. The lowest BCUT2D eigenvalue weighted by Crippen LogP contribution is -2.58. The van der Waals surface area contributed by atoms with Gasteiger partial charge in [0, 0.05) is 13.0 Å². The van der Waals surface area contributed by atoms with Crippen molar-refractivity contribution in [2.24, 2.45) is 5.92 Å². The monoisotopic (exact) mass is 517 g/mol. The Morgan fingerprint density at radius 3 is 2.51 bits per heavy atom. The standard InChI is InChI=1S/C27H43N5O5/c1-18(2)21-17-37-22-12-8-7-11-19(22)24(34)29-20(25(35)28-15-9-10-16-32(5)6)13-14-23(33)31-27(3,4)26(36)30-21/h7-8,11-12,18,20-21H,9-10,13-17H2,1-6H3,(H,28,35)(H,29,34)(H,30,36)(H,31,33)/t20-,21-/m0/s1. The molecule has 1 heterocycles. The zero-order chi connectivity index (χ0) is 27.6. The molecular weight excluding hydrogens is 474 g/mol. The zero-order valence-electron chi connectivity index (χ0n) is 23.0. The lowest BCUT2D eigenvalue weighted by Gasteiger charge is -2.30. The average molecular weight is 518 g/mol. The van der Waals surface area contributed by atoms with Crippen LogP contribution in [-0.2, 0) is 14.4 Å². The molecule has 0 fully saturated rings. The number of ether oxygens (including phenoxy) is 1. The number of nitrogens with one attached hydrogen (secondary N) is 4. The molecule has 2 atom stereocenters. The number of fused-ring (bicyclic) bond motifs is 1. The van der Waals surface area contributed by atoms with E-state index in [1.807, 2.05) is 27.9 Å². The fraction of sp³-hybridized carbons (Fsp3) is 0.630. The van der Waals surface area contributed by atoms with Crippen molar-refractivity contribution in [3.8, 4) is 5.75 Å². The van der Waals surface area contributed by atoms with E-state index in [4.69, 9.17) is 4.74 Å². The molecule has 206 valence electrons. The predicted molar refractivity (Wildman–Crippen MR) is 142 cm³/mol. The van der Waals surface area contributed by atoms with Crippen LogP contribution in [0.15, 0.2) is 24.3 Å². The molecule has 0 aromatic heterocycles. The summed E-state index contributed by atoms with van der Waals surface area (Å²) in [5, 5.41) is 11.4. The highest BCUT2D eigenvalue weighted by atomic mass is 16.5. The summed E-state index contributed by atoms with van der Waals surface area (Å²) >= 11 is 0. The van der Waals surface area contributed by atoms with Gasteiger partial charge in [0.1, 0.15) is 23.9 Å². The second-order valence-corrected chi connectivity index (χ2v) is 10.7. The first kappa shape index (κ1) is 30.1. The normalized spacial score (nSPS) is 21.0. The number of rotatable bonds is 7. The number of hydrogen-bond acceptors (Lipinski definition) is 6. The SMILES string of the molecule is CC(C)[C@@H]1COc2ccccc2C(=O)N[C@H](C(=O)NCCCCN(C)C)CCC(=O)NC(C)(C)C(=O)N1. The van der Waals surface area contributed by atoms with Gasteiger partial charge in [-0.2, -0.15) is 0 Å². The minimum absolute atomic E-state index is 0.0397. The maximum absolute atomic E-state index is 13.2. The predicted octanol–water partition coefficient (Wildman–Crippen LogP) is 1.45. The van der Waals surface area contributed by atoms with Crippen molar-refractivity contribution in [2.75, 3.05) is 33.8 Å². The van der Waals surface area contributed by atoms with Crippen LogP contribution >= 0.6 is 0 Å². The Morgan fingerprint density at radius 1 is 1.14 bits per heavy atom. The fourth-order valence-electron chi connectivity index (χ4n) is 3.85. The molecule has 0 saturated carbocycles. The lowest BCUT2D eigenvalue weighted by molar-refractivity contribution is -0.133. The van der Waals surface area contributed by atoms with Crippen LogP contribution in [0.4, 0.5) is 0 Å². The van der Waals surface area contributed by atoms with E-state index in [9.17, 15) is 19.2 Å². The van der Waals surface area contributed by atoms with Gasteiger partial charge in [-0.1, -0.05) is 26.0 Å². The number of amides is 4. The number of hydrogen-bond donors (Lipinski definition) is 4. The maximum Gasteiger partial charge on any atom is 0.255 e. The number of carbonyl (C=O) groups excluding carboxylic acids is 4. The lowest BCUT2D eigenvalue weighted by atomic mass is 10.00. The fourth-order valence-corrected chi connectivity index (χ4v) is 3.85. The van der Waals surface area contributed by atoms with Crippen molar-refractivity contribution < 1.29 is 23.9 Å². The van der Waals surface area contributed by atoms with Crippen molar-refractivity contribution >= 4 is 23.6 Å². The molecule has 1 aromatic carbocycles. The molecule has 0 unspecified atom stereocenters. The summed E-state index contributed by atoms with van der Waals surface area (Å²) in [6.45, 7) is 8.68. The summed E-state index contributed by atoms with van der Waals surface area (Å²) in [5.74, 6) is -1.16. The smallest absolute Gasteiger partial charge is 0.255 e. The Morgan fingerprint density at radius 2 is 1.84 bits per heavy atom. The summed E-state index contributed by atoms with van der Waals surface area (Å²) < 4.78 is 5.99. The summed E-state index contributed by atoms with van der Waals surface area (Å²) in [6.07, 6.45) is 1.76. The van der Waals surface area contributed by atoms with Crippen LogP contribution in [0.5, 0.6) is 5.75 Å². The van der Waals surface area contributed by atoms with Gasteiger partial charge in [-0.25, -0.2) is 0 Å². The largest absolute Gasteiger partial charge is 0.491 e. The highest BCUT2D eigenvalue weighted by Gasteiger charge is 2.33. The minimum atomic E-state index is -1.17. The molecule has 0 bridgehead atoms. The number of benzene rings is 1. The first-order chi connectivity index (χ1) is 17.4. The summed E-state index contributed by atoms with van der Waals surface area (Å²) in [4.78, 5) is 54.0. The van der Waals surface area contributed by atoms with Crippen LogP contribution in [0.3, 0.4) is 0 Å². The minimum Gasteiger partial charge on any atom is -0.491 e. The molecule has 2 rings (SSSR count). The van der Waals surface area contributed by atoms with Crippen molar-refractivity contribution in [2.45, 2.75) is 71.0 Å². The number of carbonyl (C=O) groups is 4.